The lowest BCUT2D eigenvalue weighted by Crippen LogP contribution is -2.15. The smallest absolute Gasteiger partial charge is 0.0907 e. The van der Waals surface area contributed by atoms with Crippen LogP contribution in [0.15, 0.2) is 30.5 Å². The molecule has 0 aliphatic carbocycles. The molecule has 3 nitrogen and oxygen atoms in total. The van der Waals surface area contributed by atoms with Gasteiger partial charge in [0, 0.05) is 6.20 Å². The molecular formula is C15H23N3. The molecule has 0 fully saturated rings. The quantitative estimate of drug-likeness (QED) is 0.546. The summed E-state index contributed by atoms with van der Waals surface area (Å²) in [6.45, 7) is 6.24. The fourth-order valence-electron chi connectivity index (χ4n) is 1.66. The number of allylic oxidation sites excluding steroid dienone is 1. The van der Waals surface area contributed by atoms with Gasteiger partial charge in [0.2, 0.25) is 0 Å². The van der Waals surface area contributed by atoms with Gasteiger partial charge in [-0.15, -0.1) is 0 Å². The van der Waals surface area contributed by atoms with Gasteiger partial charge in [-0.2, -0.15) is 0 Å². The molecule has 0 unspecified atom stereocenters. The van der Waals surface area contributed by atoms with E-state index >= 15 is 0 Å². The Morgan fingerprint density at radius 2 is 2.28 bits per heavy atom. The van der Waals surface area contributed by atoms with Crippen molar-refractivity contribution in [3.05, 3.63) is 41.7 Å². The van der Waals surface area contributed by atoms with Crippen molar-refractivity contribution < 1.29 is 0 Å². The molecule has 1 aromatic heterocycles. The lowest BCUT2D eigenvalue weighted by molar-refractivity contribution is 0.645. The topological polar surface area (TPSA) is 48.8 Å². The Bertz CT molecular complexity index is 396. The van der Waals surface area contributed by atoms with Gasteiger partial charge < -0.3 is 5.32 Å². The van der Waals surface area contributed by atoms with E-state index in [4.69, 9.17) is 5.41 Å². The average Bonchev–Trinajstić information content (AvgIpc) is 2.38. The number of unbranched alkanes of at least 4 members (excludes halogenated alkanes) is 1. The summed E-state index contributed by atoms with van der Waals surface area (Å²) in [7, 11) is 0. The second kappa shape index (κ2) is 8.59. The summed E-state index contributed by atoms with van der Waals surface area (Å²) >= 11 is 0. The van der Waals surface area contributed by atoms with Gasteiger partial charge in [-0.25, -0.2) is 0 Å². The largest absolute Gasteiger partial charge is 0.316 e. The van der Waals surface area contributed by atoms with Gasteiger partial charge >= 0.3 is 0 Å². The van der Waals surface area contributed by atoms with Crippen molar-refractivity contribution in [3.8, 4) is 0 Å². The molecule has 0 amide bonds. The van der Waals surface area contributed by atoms with E-state index < -0.39 is 0 Å². The molecule has 0 spiro atoms. The molecule has 18 heavy (non-hydrogen) atoms. The van der Waals surface area contributed by atoms with E-state index in [1.807, 2.05) is 31.2 Å². The van der Waals surface area contributed by atoms with Crippen LogP contribution in [0, 0.1) is 12.3 Å². The number of aromatic nitrogens is 1. The van der Waals surface area contributed by atoms with Crippen LogP contribution in [0.4, 0.5) is 0 Å². The Morgan fingerprint density at radius 1 is 1.44 bits per heavy atom. The van der Waals surface area contributed by atoms with Crippen LogP contribution in [0.1, 0.15) is 37.4 Å². The summed E-state index contributed by atoms with van der Waals surface area (Å²) in [6.07, 6.45) is 9.03. The van der Waals surface area contributed by atoms with E-state index in [2.05, 4.69) is 17.2 Å². The standard InChI is InChI=1S/C15H23N3/c1-3-4-10-17-11-6-5-9-14(16)15-13(2)8-7-12-18-15/h5,7-9,12,16-17H,3-4,6,10-11H2,1-2H3/b9-5+,16-14?. The van der Waals surface area contributed by atoms with E-state index in [1.54, 1.807) is 6.20 Å². The van der Waals surface area contributed by atoms with Crippen LogP contribution >= 0.6 is 0 Å². The summed E-state index contributed by atoms with van der Waals surface area (Å²) in [6, 6.07) is 3.88. The molecule has 1 rings (SSSR count). The minimum absolute atomic E-state index is 0.488. The zero-order valence-electron chi connectivity index (χ0n) is 11.4. The van der Waals surface area contributed by atoms with Gasteiger partial charge in [0.1, 0.15) is 0 Å². The van der Waals surface area contributed by atoms with Crippen LogP contribution in [0.25, 0.3) is 0 Å². The highest BCUT2D eigenvalue weighted by molar-refractivity contribution is 6.05. The minimum Gasteiger partial charge on any atom is -0.316 e. The molecule has 1 heterocycles. The predicted molar refractivity (Wildman–Crippen MR) is 77.3 cm³/mol. The Balaban J connectivity index is 2.30. The first-order valence-electron chi connectivity index (χ1n) is 6.63. The number of hydrogen-bond acceptors (Lipinski definition) is 3. The Morgan fingerprint density at radius 3 is 3.00 bits per heavy atom. The number of aryl methyl sites for hydroxylation is 1. The van der Waals surface area contributed by atoms with Gasteiger partial charge in [-0.05, 0) is 50.6 Å². The SMILES string of the molecule is CCCCNCC/C=C/C(=N)c1ncccc1C. The maximum absolute atomic E-state index is 7.95. The molecule has 0 aromatic carbocycles. The van der Waals surface area contributed by atoms with Crippen LogP contribution in [0.3, 0.4) is 0 Å². The molecule has 3 heteroatoms. The van der Waals surface area contributed by atoms with Crippen molar-refractivity contribution in [2.75, 3.05) is 13.1 Å². The fourth-order valence-corrected chi connectivity index (χ4v) is 1.66. The van der Waals surface area contributed by atoms with Gasteiger partial charge in [0.25, 0.3) is 0 Å². The third-order valence-electron chi connectivity index (χ3n) is 2.74. The molecule has 0 bridgehead atoms. The number of rotatable bonds is 8. The summed E-state index contributed by atoms with van der Waals surface area (Å²) in [5.74, 6) is 0. The first kappa shape index (κ1) is 14.6. The monoisotopic (exact) mass is 245 g/mol. The van der Waals surface area contributed by atoms with Crippen LogP contribution in [0.5, 0.6) is 0 Å². The summed E-state index contributed by atoms with van der Waals surface area (Å²) in [4.78, 5) is 4.23. The second-order valence-electron chi connectivity index (χ2n) is 4.38. The van der Waals surface area contributed by atoms with Gasteiger partial charge in [0.05, 0.1) is 11.4 Å². The maximum atomic E-state index is 7.95. The Hall–Kier alpha value is -1.48. The molecule has 1 aromatic rings. The number of nitrogens with one attached hydrogen (secondary N) is 2. The highest BCUT2D eigenvalue weighted by atomic mass is 14.8. The highest BCUT2D eigenvalue weighted by Gasteiger charge is 2.01. The first-order valence-corrected chi connectivity index (χ1v) is 6.63. The van der Waals surface area contributed by atoms with E-state index in [-0.39, 0.29) is 0 Å². The Labute approximate surface area is 110 Å². The lowest BCUT2D eigenvalue weighted by atomic mass is 10.1. The second-order valence-corrected chi connectivity index (χ2v) is 4.38. The van der Waals surface area contributed by atoms with Gasteiger partial charge in [-0.1, -0.05) is 25.5 Å². The van der Waals surface area contributed by atoms with Gasteiger partial charge in [-0.3, -0.25) is 10.4 Å². The third-order valence-corrected chi connectivity index (χ3v) is 2.74. The zero-order chi connectivity index (χ0) is 13.2. The maximum Gasteiger partial charge on any atom is 0.0907 e. The molecule has 98 valence electrons. The Kier molecular flexibility index (Phi) is 6.96. The zero-order valence-corrected chi connectivity index (χ0v) is 11.4. The minimum atomic E-state index is 0.488. The normalized spacial score (nSPS) is 11.0. The molecule has 2 N–H and O–H groups in total. The number of hydrogen-bond donors (Lipinski definition) is 2. The molecule has 0 saturated heterocycles. The van der Waals surface area contributed by atoms with Crippen LogP contribution in [-0.2, 0) is 0 Å². The average molecular weight is 245 g/mol. The molecule has 0 radical (unpaired) electrons. The molecule has 0 aliphatic rings. The number of pyridine rings is 1. The van der Waals surface area contributed by atoms with Crippen molar-refractivity contribution in [2.45, 2.75) is 33.1 Å². The lowest BCUT2D eigenvalue weighted by Gasteiger charge is -2.02. The van der Waals surface area contributed by atoms with Crippen molar-refractivity contribution >= 4 is 5.71 Å². The van der Waals surface area contributed by atoms with E-state index in [9.17, 15) is 0 Å². The van der Waals surface area contributed by atoms with E-state index in [1.165, 1.54) is 12.8 Å². The first-order chi connectivity index (χ1) is 8.75. The van der Waals surface area contributed by atoms with Gasteiger partial charge in [0.15, 0.2) is 0 Å². The van der Waals surface area contributed by atoms with Crippen LogP contribution in [-0.4, -0.2) is 23.8 Å². The van der Waals surface area contributed by atoms with E-state index in [0.717, 1.165) is 30.8 Å². The summed E-state index contributed by atoms with van der Waals surface area (Å²) in [5, 5.41) is 11.3. The van der Waals surface area contributed by atoms with Crippen molar-refractivity contribution in [1.82, 2.24) is 10.3 Å². The molecular weight excluding hydrogens is 222 g/mol. The van der Waals surface area contributed by atoms with Crippen LogP contribution in [0.2, 0.25) is 0 Å². The van der Waals surface area contributed by atoms with E-state index in [0.29, 0.717) is 5.71 Å². The predicted octanol–water partition coefficient (Wildman–Crippen LogP) is 3.09. The number of nitrogens with zero attached hydrogens (tertiary/aromatic N) is 1. The summed E-state index contributed by atoms with van der Waals surface area (Å²) < 4.78 is 0. The molecule has 0 aliphatic heterocycles. The summed E-state index contributed by atoms with van der Waals surface area (Å²) in [5.41, 5.74) is 2.31. The van der Waals surface area contributed by atoms with Crippen LogP contribution < -0.4 is 5.32 Å². The third kappa shape index (κ3) is 5.23. The fraction of sp³-hybridized carbons (Fsp3) is 0.467. The molecule has 0 atom stereocenters. The van der Waals surface area contributed by atoms with Crippen molar-refractivity contribution in [1.29, 1.82) is 5.41 Å². The highest BCUT2D eigenvalue weighted by Crippen LogP contribution is 2.04. The molecule has 0 saturated carbocycles. The van der Waals surface area contributed by atoms with Crippen molar-refractivity contribution in [3.63, 3.8) is 0 Å². The van der Waals surface area contributed by atoms with Crippen molar-refractivity contribution in [2.24, 2.45) is 0 Å².